The lowest BCUT2D eigenvalue weighted by Crippen LogP contribution is -2.49. The zero-order chi connectivity index (χ0) is 25.2. The van der Waals surface area contributed by atoms with Crippen molar-refractivity contribution in [2.45, 2.75) is 90.4 Å². The van der Waals surface area contributed by atoms with Crippen LogP contribution in [0.4, 0.5) is 4.11 Å². The Kier molecular flexibility index (Phi) is 12.8. The fourth-order valence-electron chi connectivity index (χ4n) is 4.96. The maximum Gasteiger partial charge on any atom is 0.282 e. The van der Waals surface area contributed by atoms with Gasteiger partial charge < -0.3 is 14.3 Å². The van der Waals surface area contributed by atoms with Crippen LogP contribution >= 0.6 is 0 Å². The Morgan fingerprint density at radius 1 is 0.667 bits per heavy atom. The molecule has 0 bridgehead atoms. The molecule has 0 fully saturated rings. The number of benzene rings is 2. The molecule has 2 aromatic carbocycles. The van der Waals surface area contributed by atoms with Crippen LogP contribution in [-0.2, 0) is 12.8 Å². The minimum atomic E-state index is -2.89. The third kappa shape index (κ3) is 8.46. The molecule has 0 amide bonds. The number of aliphatic hydroxyl groups excluding tert-OH is 2. The average molecular weight is 490 g/mol. The van der Waals surface area contributed by atoms with Crippen LogP contribution in [0.25, 0.3) is 0 Å². The fraction of sp³-hybridized carbons (Fsp3) is 0.571. The van der Waals surface area contributed by atoms with Crippen molar-refractivity contribution in [3.8, 4) is 0 Å². The number of hydrogen-bond donors (Lipinski definition) is 2. The molecule has 5 heteroatoms. The summed E-state index contributed by atoms with van der Waals surface area (Å²) < 4.78 is 15.2. The van der Waals surface area contributed by atoms with Gasteiger partial charge in [0.15, 0.2) is 0 Å². The molecule has 2 N–H and O–H groups in total. The van der Waals surface area contributed by atoms with Gasteiger partial charge in [0.2, 0.25) is 0 Å². The predicted octanol–water partition coefficient (Wildman–Crippen LogP) is 5.64. The molecule has 0 radical (unpaired) electrons. The normalized spacial score (nSPS) is 12.1. The van der Waals surface area contributed by atoms with E-state index in [4.69, 9.17) is 10.2 Å². The first-order valence-electron chi connectivity index (χ1n) is 12.6. The monoisotopic (exact) mass is 489 g/mol. The molecule has 2 aromatic rings. The Bertz CT molecular complexity index is 771. The third-order valence-corrected chi connectivity index (χ3v) is 15.3. The van der Waals surface area contributed by atoms with Gasteiger partial charge in [-0.05, 0) is 51.3 Å². The molecule has 0 aliphatic carbocycles. The topological polar surface area (TPSA) is 40.5 Å². The van der Waals surface area contributed by atoms with Crippen LogP contribution in [0.3, 0.4) is 0 Å². The Morgan fingerprint density at radius 2 is 1.03 bits per heavy atom. The summed E-state index contributed by atoms with van der Waals surface area (Å²) in [6.07, 6.45) is 1.42. The van der Waals surface area contributed by atoms with Gasteiger partial charge in [0.25, 0.3) is 8.41 Å². The van der Waals surface area contributed by atoms with Gasteiger partial charge in [0.1, 0.15) is 0 Å². The summed E-state index contributed by atoms with van der Waals surface area (Å²) in [4.78, 5) is 0. The Balaban J connectivity index is 0.000000331. The van der Waals surface area contributed by atoms with Gasteiger partial charge in [-0.15, -0.1) is 0 Å². The number of halogens is 1. The van der Waals surface area contributed by atoms with Crippen molar-refractivity contribution in [1.29, 1.82) is 0 Å². The van der Waals surface area contributed by atoms with Gasteiger partial charge in [0, 0.05) is 13.2 Å². The average Bonchev–Trinajstić information content (AvgIpc) is 2.75. The lowest BCUT2D eigenvalue weighted by molar-refractivity contribution is 0.299. The van der Waals surface area contributed by atoms with E-state index in [9.17, 15) is 0 Å². The first kappa shape index (κ1) is 29.8. The van der Waals surface area contributed by atoms with E-state index < -0.39 is 17.2 Å². The van der Waals surface area contributed by atoms with Gasteiger partial charge in [-0.2, -0.15) is 0 Å². The molecule has 0 unspecified atom stereocenters. The minimum absolute atomic E-state index is 0.0891. The van der Waals surface area contributed by atoms with Crippen molar-refractivity contribution in [1.82, 2.24) is 0 Å². The van der Waals surface area contributed by atoms with Crippen molar-refractivity contribution in [2.75, 3.05) is 13.2 Å². The molecule has 0 aliphatic rings. The maximum absolute atomic E-state index is 15.2. The molecule has 2 nitrogen and oxygen atoms in total. The molecule has 186 valence electrons. The Morgan fingerprint density at radius 3 is 1.33 bits per heavy atom. The predicted molar refractivity (Wildman–Crippen MR) is 148 cm³/mol. The molecule has 0 aromatic heterocycles. The summed E-state index contributed by atoms with van der Waals surface area (Å²) in [7, 11) is -3.73. The smallest absolute Gasteiger partial charge is 0.282 e. The quantitative estimate of drug-likeness (QED) is 0.335. The van der Waals surface area contributed by atoms with Crippen LogP contribution in [-0.4, -0.2) is 40.6 Å². The summed E-state index contributed by atoms with van der Waals surface area (Å²) in [5.41, 5.74) is 4.11. The second-order valence-corrected chi connectivity index (χ2v) is 19.3. The molecule has 2 rings (SSSR count). The first-order chi connectivity index (χ1) is 15.5. The lowest BCUT2D eigenvalue weighted by atomic mass is 10.2. The Labute approximate surface area is 205 Å². The second-order valence-electron chi connectivity index (χ2n) is 10.5. The molecule has 0 spiro atoms. The number of hydrogen-bond acceptors (Lipinski definition) is 2. The van der Waals surface area contributed by atoms with Crippen molar-refractivity contribution >= 4 is 27.6 Å². The highest BCUT2D eigenvalue weighted by Gasteiger charge is 2.43. The van der Waals surface area contributed by atoms with Crippen molar-refractivity contribution < 1.29 is 14.3 Å². The number of aliphatic hydroxyl groups is 2. The van der Waals surface area contributed by atoms with E-state index in [1.54, 1.807) is 5.19 Å². The van der Waals surface area contributed by atoms with Gasteiger partial charge in [-0.1, -0.05) is 109 Å². The highest BCUT2D eigenvalue weighted by molar-refractivity contribution is 6.88. The van der Waals surface area contributed by atoms with Crippen LogP contribution in [0.5, 0.6) is 0 Å². The van der Waals surface area contributed by atoms with E-state index in [0.717, 1.165) is 28.3 Å². The summed E-state index contributed by atoms with van der Waals surface area (Å²) >= 11 is 0. The van der Waals surface area contributed by atoms with E-state index >= 15 is 4.11 Å². The molecule has 0 heterocycles. The van der Waals surface area contributed by atoms with Gasteiger partial charge in [-0.25, -0.2) is 0 Å². The van der Waals surface area contributed by atoms with Crippen molar-refractivity contribution in [3.05, 3.63) is 59.7 Å². The summed E-state index contributed by atoms with van der Waals surface area (Å²) in [6.45, 7) is 17.7. The first-order valence-corrected chi connectivity index (χ1v) is 16.5. The highest BCUT2D eigenvalue weighted by atomic mass is 28.4. The van der Waals surface area contributed by atoms with Crippen LogP contribution in [0.2, 0.25) is 22.2 Å². The van der Waals surface area contributed by atoms with E-state index in [1.165, 1.54) is 5.56 Å². The summed E-state index contributed by atoms with van der Waals surface area (Å²) in [5, 5.41) is 20.2. The molecular weight excluding hydrogens is 442 g/mol. The van der Waals surface area contributed by atoms with E-state index in [-0.39, 0.29) is 24.3 Å². The summed E-state index contributed by atoms with van der Waals surface area (Å²) in [6, 6.07) is 16.6. The highest BCUT2D eigenvalue weighted by Crippen LogP contribution is 2.33. The zero-order valence-corrected chi connectivity index (χ0v) is 24.3. The van der Waals surface area contributed by atoms with Crippen molar-refractivity contribution in [3.63, 3.8) is 0 Å². The van der Waals surface area contributed by atoms with Crippen LogP contribution < -0.4 is 10.4 Å². The van der Waals surface area contributed by atoms with Crippen LogP contribution in [0.1, 0.15) is 66.5 Å². The van der Waals surface area contributed by atoms with Gasteiger partial charge >= 0.3 is 0 Å². The van der Waals surface area contributed by atoms with E-state index in [2.05, 4.69) is 52.0 Å². The van der Waals surface area contributed by atoms with Crippen molar-refractivity contribution in [2.24, 2.45) is 0 Å². The van der Waals surface area contributed by atoms with Crippen LogP contribution in [0, 0.1) is 0 Å². The SMILES string of the molecule is CC(C)[SiH](c1ccc(CCO)cc1)C(C)C.CC(C)[Si]([18F])(c1ccc(CCO)cc1)C(C)C. The fourth-order valence-corrected chi connectivity index (χ4v) is 12.0. The zero-order valence-electron chi connectivity index (χ0n) is 22.1. The van der Waals surface area contributed by atoms with Gasteiger partial charge in [0.05, 0.1) is 8.80 Å². The molecule has 0 saturated heterocycles. The van der Waals surface area contributed by atoms with E-state index in [0.29, 0.717) is 6.42 Å². The maximum atomic E-state index is 15.2. The molecule has 0 atom stereocenters. The molecule has 0 aliphatic heterocycles. The Hall–Kier alpha value is -1.28. The third-order valence-electron chi connectivity index (χ3n) is 6.68. The summed E-state index contributed by atoms with van der Waals surface area (Å²) in [5.74, 6) is 0. The molecule has 0 saturated carbocycles. The van der Waals surface area contributed by atoms with Crippen LogP contribution in [0.15, 0.2) is 48.5 Å². The second kappa shape index (κ2) is 14.2. The largest absolute Gasteiger partial charge is 0.396 e. The number of rotatable bonds is 10. The minimum Gasteiger partial charge on any atom is -0.396 e. The van der Waals surface area contributed by atoms with Gasteiger partial charge in [-0.3, -0.25) is 0 Å². The standard InChI is InChI=1S/C14H23FOSi.C14H24OSi/c1-11(2)17(15,12(3)4)14-7-5-13(6-8-14)9-10-16;1-11(2)16(12(3)4)14-7-5-13(6-8-14)9-10-15/h5-8,11-12,16H,9-10H2,1-4H3;5-8,11-12,15-16H,9-10H2,1-4H3/i15-1;. The molecular formula is C28H47FO2Si2. The van der Waals surface area contributed by atoms with E-state index in [1.807, 2.05) is 52.0 Å². The lowest BCUT2D eigenvalue weighted by Gasteiger charge is -2.30. The molecule has 33 heavy (non-hydrogen) atoms.